The van der Waals surface area contributed by atoms with Gasteiger partial charge >= 0.3 is 5.97 Å². The number of carboxylic acid groups (broad SMARTS) is 1. The van der Waals surface area contributed by atoms with Crippen LogP contribution in [0.2, 0.25) is 0 Å². The zero-order chi connectivity index (χ0) is 16.2. The molecule has 1 amide bonds. The van der Waals surface area contributed by atoms with Crippen LogP contribution in [0.25, 0.3) is 0 Å². The maximum absolute atomic E-state index is 12.9. The van der Waals surface area contributed by atoms with Crippen LogP contribution in [-0.2, 0) is 15.0 Å². The van der Waals surface area contributed by atoms with Gasteiger partial charge in [0, 0.05) is 5.69 Å². The van der Waals surface area contributed by atoms with Crippen molar-refractivity contribution in [2.75, 3.05) is 5.32 Å². The van der Waals surface area contributed by atoms with E-state index in [0.717, 1.165) is 0 Å². The molecule has 2 aromatic rings. The largest absolute Gasteiger partial charge is 0.480 e. The van der Waals surface area contributed by atoms with Crippen LogP contribution >= 0.6 is 0 Å². The molecule has 0 aliphatic rings. The average molecular weight is 301 g/mol. The zero-order valence-corrected chi connectivity index (χ0v) is 12.0. The van der Waals surface area contributed by atoms with Crippen molar-refractivity contribution in [1.29, 1.82) is 0 Å². The Hall–Kier alpha value is -2.69. The molecule has 5 heteroatoms. The van der Waals surface area contributed by atoms with Crippen molar-refractivity contribution in [3.8, 4) is 0 Å². The Morgan fingerprint density at radius 3 is 2.18 bits per heavy atom. The third kappa shape index (κ3) is 2.83. The highest BCUT2D eigenvalue weighted by Gasteiger charge is 2.46. The van der Waals surface area contributed by atoms with Crippen LogP contribution in [0.5, 0.6) is 0 Å². The molecule has 0 bridgehead atoms. The van der Waals surface area contributed by atoms with Crippen molar-refractivity contribution in [2.45, 2.75) is 18.8 Å². The lowest BCUT2D eigenvalue weighted by Gasteiger charge is -2.27. The van der Waals surface area contributed by atoms with E-state index in [1.165, 1.54) is 24.3 Å². The number of rotatable bonds is 5. The number of anilines is 1. The minimum absolute atomic E-state index is 0.0966. The molecule has 0 saturated heterocycles. The molecule has 0 heterocycles. The van der Waals surface area contributed by atoms with Gasteiger partial charge in [-0.15, -0.1) is 0 Å². The summed E-state index contributed by atoms with van der Waals surface area (Å²) in [6.07, 6.45) is 0.0966. The van der Waals surface area contributed by atoms with Gasteiger partial charge in [-0.1, -0.05) is 37.3 Å². The number of amides is 1. The van der Waals surface area contributed by atoms with E-state index >= 15 is 0 Å². The summed E-state index contributed by atoms with van der Waals surface area (Å²) in [6.45, 7) is 1.64. The molecule has 2 N–H and O–H groups in total. The summed E-state index contributed by atoms with van der Waals surface area (Å²) < 4.78 is 12.9. The smallest absolute Gasteiger partial charge is 0.323 e. The number of carbonyl (C=O) groups is 2. The SMILES string of the molecule is CCC(C(=O)O)(C(=O)Nc1ccc(F)cc1)c1ccccc1. The Labute approximate surface area is 127 Å². The van der Waals surface area contributed by atoms with E-state index in [2.05, 4.69) is 5.32 Å². The number of hydrogen-bond donors (Lipinski definition) is 2. The maximum Gasteiger partial charge on any atom is 0.323 e. The third-order valence-corrected chi connectivity index (χ3v) is 3.65. The van der Waals surface area contributed by atoms with Gasteiger partial charge in [-0.3, -0.25) is 9.59 Å². The molecule has 0 radical (unpaired) electrons. The molecule has 22 heavy (non-hydrogen) atoms. The van der Waals surface area contributed by atoms with E-state index in [4.69, 9.17) is 0 Å². The van der Waals surface area contributed by atoms with Crippen LogP contribution in [0.3, 0.4) is 0 Å². The van der Waals surface area contributed by atoms with Gasteiger partial charge in [0.05, 0.1) is 0 Å². The Balaban J connectivity index is 2.39. The lowest BCUT2D eigenvalue weighted by Crippen LogP contribution is -2.46. The second kappa shape index (κ2) is 6.39. The molecular formula is C17H16FNO3. The van der Waals surface area contributed by atoms with E-state index in [1.54, 1.807) is 37.3 Å². The molecule has 2 rings (SSSR count). The van der Waals surface area contributed by atoms with E-state index < -0.39 is 23.1 Å². The molecular weight excluding hydrogens is 285 g/mol. The first kappa shape index (κ1) is 15.7. The number of carbonyl (C=O) groups excluding carboxylic acids is 1. The number of nitrogens with one attached hydrogen (secondary N) is 1. The third-order valence-electron chi connectivity index (χ3n) is 3.65. The van der Waals surface area contributed by atoms with Crippen LogP contribution in [0, 0.1) is 5.82 Å². The first-order valence-electron chi connectivity index (χ1n) is 6.86. The van der Waals surface area contributed by atoms with Crippen LogP contribution in [0.1, 0.15) is 18.9 Å². The fraction of sp³-hybridized carbons (Fsp3) is 0.176. The summed E-state index contributed by atoms with van der Waals surface area (Å²) in [7, 11) is 0. The fourth-order valence-electron chi connectivity index (χ4n) is 2.36. The van der Waals surface area contributed by atoms with Crippen molar-refractivity contribution in [1.82, 2.24) is 0 Å². The quantitative estimate of drug-likeness (QED) is 0.833. The van der Waals surface area contributed by atoms with Gasteiger partial charge < -0.3 is 10.4 Å². The molecule has 2 aromatic carbocycles. The average Bonchev–Trinajstić information content (AvgIpc) is 2.51. The molecule has 0 saturated carbocycles. The van der Waals surface area contributed by atoms with Crippen LogP contribution < -0.4 is 5.32 Å². The highest BCUT2D eigenvalue weighted by Crippen LogP contribution is 2.30. The standard InChI is InChI=1S/C17H16FNO3/c1-2-17(16(21)22,12-6-4-3-5-7-12)15(20)19-14-10-8-13(18)9-11-14/h3-11H,2H2,1H3,(H,19,20)(H,21,22). The Morgan fingerprint density at radius 1 is 1.09 bits per heavy atom. The predicted molar refractivity (Wildman–Crippen MR) is 81.1 cm³/mol. The number of hydrogen-bond acceptors (Lipinski definition) is 2. The Bertz CT molecular complexity index is 670. The molecule has 0 aromatic heterocycles. The topological polar surface area (TPSA) is 66.4 Å². The van der Waals surface area contributed by atoms with Gasteiger partial charge in [0.2, 0.25) is 5.91 Å². The van der Waals surface area contributed by atoms with Crippen LogP contribution in [-0.4, -0.2) is 17.0 Å². The molecule has 0 spiro atoms. The number of halogens is 1. The van der Waals surface area contributed by atoms with E-state index in [1.807, 2.05) is 0 Å². The van der Waals surface area contributed by atoms with Crippen molar-refractivity contribution in [2.24, 2.45) is 0 Å². The summed E-state index contributed by atoms with van der Waals surface area (Å²) in [5.41, 5.74) is -0.929. The first-order chi connectivity index (χ1) is 10.5. The summed E-state index contributed by atoms with van der Waals surface area (Å²) in [5.74, 6) is -2.30. The predicted octanol–water partition coefficient (Wildman–Crippen LogP) is 3.20. The first-order valence-corrected chi connectivity index (χ1v) is 6.86. The van der Waals surface area contributed by atoms with E-state index in [-0.39, 0.29) is 6.42 Å². The van der Waals surface area contributed by atoms with Crippen molar-refractivity contribution >= 4 is 17.6 Å². The summed E-state index contributed by atoms with van der Waals surface area (Å²) >= 11 is 0. The second-order valence-corrected chi connectivity index (χ2v) is 4.89. The lowest BCUT2D eigenvalue weighted by molar-refractivity contribution is -0.148. The van der Waals surface area contributed by atoms with Crippen molar-refractivity contribution in [3.63, 3.8) is 0 Å². The molecule has 1 unspecified atom stereocenters. The normalized spacial score (nSPS) is 13.2. The maximum atomic E-state index is 12.9. The van der Waals surface area contributed by atoms with Gasteiger partial charge in [0.25, 0.3) is 0 Å². The van der Waals surface area contributed by atoms with Gasteiger partial charge in [0.15, 0.2) is 5.41 Å². The molecule has 0 aliphatic heterocycles. The number of benzene rings is 2. The van der Waals surface area contributed by atoms with Crippen molar-refractivity contribution in [3.05, 3.63) is 66.0 Å². The van der Waals surface area contributed by atoms with E-state index in [0.29, 0.717) is 11.3 Å². The molecule has 0 aliphatic carbocycles. The fourth-order valence-corrected chi connectivity index (χ4v) is 2.36. The number of aliphatic carboxylic acids is 1. The van der Waals surface area contributed by atoms with Crippen LogP contribution in [0.4, 0.5) is 10.1 Å². The number of carboxylic acids is 1. The van der Waals surface area contributed by atoms with Crippen LogP contribution in [0.15, 0.2) is 54.6 Å². The molecule has 1 atom stereocenters. The zero-order valence-electron chi connectivity index (χ0n) is 12.0. The summed E-state index contributed by atoms with van der Waals surface area (Å²) in [4.78, 5) is 24.4. The van der Waals surface area contributed by atoms with Gasteiger partial charge in [0.1, 0.15) is 5.82 Å². The van der Waals surface area contributed by atoms with Gasteiger partial charge in [-0.2, -0.15) is 0 Å². The molecule has 4 nitrogen and oxygen atoms in total. The lowest BCUT2D eigenvalue weighted by atomic mass is 9.77. The highest BCUT2D eigenvalue weighted by molar-refractivity contribution is 6.13. The Morgan fingerprint density at radius 2 is 1.68 bits per heavy atom. The second-order valence-electron chi connectivity index (χ2n) is 4.89. The highest BCUT2D eigenvalue weighted by atomic mass is 19.1. The minimum atomic E-state index is -1.68. The Kier molecular flexibility index (Phi) is 4.56. The monoisotopic (exact) mass is 301 g/mol. The van der Waals surface area contributed by atoms with E-state index in [9.17, 15) is 19.1 Å². The summed E-state index contributed by atoms with van der Waals surface area (Å²) in [5, 5.41) is 12.2. The van der Waals surface area contributed by atoms with Gasteiger partial charge in [-0.05, 0) is 36.2 Å². The summed E-state index contributed by atoms with van der Waals surface area (Å²) in [6, 6.07) is 13.5. The van der Waals surface area contributed by atoms with Gasteiger partial charge in [-0.25, -0.2) is 4.39 Å². The van der Waals surface area contributed by atoms with Crippen molar-refractivity contribution < 1.29 is 19.1 Å². The molecule has 0 fully saturated rings. The molecule has 114 valence electrons. The minimum Gasteiger partial charge on any atom is -0.480 e.